The number of allylic oxidation sites excluding steroid dienone is 1. The number of rotatable bonds is 4. The summed E-state index contributed by atoms with van der Waals surface area (Å²) in [6, 6.07) is -0.810. The van der Waals surface area contributed by atoms with Crippen LogP contribution in [0.1, 0.15) is 20.3 Å². The molecule has 0 aromatic carbocycles. The molecule has 0 heterocycles. The molecule has 84 valence electrons. The zero-order chi connectivity index (χ0) is 11.8. The number of carboxylic acids is 1. The van der Waals surface area contributed by atoms with Gasteiger partial charge in [-0.2, -0.15) is 0 Å². The molecule has 0 rings (SSSR count). The molecule has 0 spiro atoms. The first-order valence-electron chi connectivity index (χ1n) is 4.47. The number of amides is 3. The highest BCUT2D eigenvalue weighted by Crippen LogP contribution is 1.98. The van der Waals surface area contributed by atoms with Gasteiger partial charge in [-0.05, 0) is 13.3 Å². The van der Waals surface area contributed by atoms with Gasteiger partial charge in [0.05, 0.1) is 0 Å². The van der Waals surface area contributed by atoms with Crippen LogP contribution in [0.4, 0.5) is 4.79 Å². The lowest BCUT2D eigenvalue weighted by molar-refractivity contribution is -0.135. The lowest BCUT2D eigenvalue weighted by atomic mass is 10.2. The molecule has 6 heteroatoms. The van der Waals surface area contributed by atoms with Gasteiger partial charge in [0.25, 0.3) is 5.91 Å². The van der Waals surface area contributed by atoms with Crippen LogP contribution in [0.25, 0.3) is 0 Å². The second-order valence-electron chi connectivity index (χ2n) is 2.70. The van der Waals surface area contributed by atoms with E-state index in [0.717, 1.165) is 0 Å². The third kappa shape index (κ3) is 5.45. The Morgan fingerprint density at radius 2 is 1.93 bits per heavy atom. The summed E-state index contributed by atoms with van der Waals surface area (Å²) in [5.74, 6) is -1.68. The van der Waals surface area contributed by atoms with Crippen LogP contribution in [0.3, 0.4) is 0 Å². The maximum absolute atomic E-state index is 11.3. The smallest absolute Gasteiger partial charge is 0.323 e. The fourth-order valence-electron chi connectivity index (χ4n) is 0.879. The minimum atomic E-state index is -1.17. The van der Waals surface area contributed by atoms with Crippen LogP contribution >= 0.6 is 0 Å². The van der Waals surface area contributed by atoms with E-state index >= 15 is 0 Å². The van der Waals surface area contributed by atoms with Crippen molar-refractivity contribution in [3.05, 3.63) is 11.6 Å². The normalized spacial score (nSPS) is 10.7. The lowest BCUT2D eigenvalue weighted by Crippen LogP contribution is -2.42. The summed E-state index contributed by atoms with van der Waals surface area (Å²) in [5.41, 5.74) is 0.473. The Balaban J connectivity index is 4.07. The average molecular weight is 214 g/mol. The molecule has 0 bridgehead atoms. The van der Waals surface area contributed by atoms with Crippen LogP contribution in [0.5, 0.6) is 0 Å². The largest absolute Gasteiger partial charge is 0.480 e. The fourth-order valence-corrected chi connectivity index (χ4v) is 0.879. The topological polar surface area (TPSA) is 95.5 Å². The Labute approximate surface area is 87.3 Å². The quantitative estimate of drug-likeness (QED) is 0.584. The second-order valence-corrected chi connectivity index (χ2v) is 2.70. The third-order valence-electron chi connectivity index (χ3n) is 1.65. The molecule has 0 aromatic rings. The standard InChI is InChI=1S/C9H14N2O4/c1-3-6(4-2)8(14)11-9(15)10-5-7(12)13/h3H,4-5H2,1-2H3,(H,12,13)(H2,10,11,14,15)/b6-3+. The van der Waals surface area contributed by atoms with E-state index < -0.39 is 24.5 Å². The molecule has 15 heavy (non-hydrogen) atoms. The van der Waals surface area contributed by atoms with Crippen molar-refractivity contribution < 1.29 is 19.5 Å². The van der Waals surface area contributed by atoms with Crippen LogP contribution < -0.4 is 10.6 Å². The molecule has 3 N–H and O–H groups in total. The van der Waals surface area contributed by atoms with Gasteiger partial charge >= 0.3 is 12.0 Å². The molecule has 0 atom stereocenters. The minimum absolute atomic E-state index is 0.473. The van der Waals surface area contributed by atoms with Gasteiger partial charge in [-0.1, -0.05) is 13.0 Å². The van der Waals surface area contributed by atoms with E-state index in [-0.39, 0.29) is 0 Å². The van der Waals surface area contributed by atoms with E-state index in [4.69, 9.17) is 5.11 Å². The predicted octanol–water partition coefficient (Wildman–Crippen LogP) is 0.253. The Morgan fingerprint density at radius 3 is 2.33 bits per heavy atom. The van der Waals surface area contributed by atoms with Crippen LogP contribution in [0.15, 0.2) is 11.6 Å². The van der Waals surface area contributed by atoms with Gasteiger partial charge in [0.1, 0.15) is 6.54 Å². The zero-order valence-electron chi connectivity index (χ0n) is 8.66. The van der Waals surface area contributed by atoms with Gasteiger partial charge in [-0.15, -0.1) is 0 Å². The summed E-state index contributed by atoms with van der Waals surface area (Å²) < 4.78 is 0. The van der Waals surface area contributed by atoms with Gasteiger partial charge in [0, 0.05) is 5.57 Å². The summed E-state index contributed by atoms with van der Waals surface area (Å²) in [6.07, 6.45) is 2.11. The van der Waals surface area contributed by atoms with Crippen molar-refractivity contribution in [3.63, 3.8) is 0 Å². The number of imide groups is 1. The van der Waals surface area contributed by atoms with Crippen molar-refractivity contribution in [3.8, 4) is 0 Å². The van der Waals surface area contributed by atoms with E-state index in [1.165, 1.54) is 0 Å². The Morgan fingerprint density at radius 1 is 1.33 bits per heavy atom. The first-order valence-corrected chi connectivity index (χ1v) is 4.47. The van der Waals surface area contributed by atoms with E-state index in [1.54, 1.807) is 19.9 Å². The minimum Gasteiger partial charge on any atom is -0.480 e. The fraction of sp³-hybridized carbons (Fsp3) is 0.444. The summed E-state index contributed by atoms with van der Waals surface area (Å²) in [5, 5.41) is 12.3. The Hall–Kier alpha value is -1.85. The van der Waals surface area contributed by atoms with E-state index in [2.05, 4.69) is 0 Å². The van der Waals surface area contributed by atoms with Gasteiger partial charge in [0.15, 0.2) is 0 Å². The van der Waals surface area contributed by atoms with Gasteiger partial charge in [0.2, 0.25) is 0 Å². The summed E-state index contributed by atoms with van der Waals surface area (Å²) in [7, 11) is 0. The summed E-state index contributed by atoms with van der Waals surface area (Å²) in [6.45, 7) is 2.95. The molecule has 6 nitrogen and oxygen atoms in total. The number of carbonyl (C=O) groups is 3. The highest BCUT2D eigenvalue weighted by molar-refractivity contribution is 6.03. The predicted molar refractivity (Wildman–Crippen MR) is 53.2 cm³/mol. The molecule has 0 aliphatic carbocycles. The maximum Gasteiger partial charge on any atom is 0.323 e. The van der Waals surface area contributed by atoms with Crippen molar-refractivity contribution in [2.24, 2.45) is 0 Å². The summed E-state index contributed by atoms with van der Waals surface area (Å²) in [4.78, 5) is 32.3. The molecular weight excluding hydrogens is 200 g/mol. The molecule has 0 aliphatic heterocycles. The van der Waals surface area contributed by atoms with Crippen LogP contribution in [0, 0.1) is 0 Å². The van der Waals surface area contributed by atoms with E-state index in [0.29, 0.717) is 12.0 Å². The zero-order valence-corrected chi connectivity index (χ0v) is 8.66. The molecule has 0 radical (unpaired) electrons. The summed E-state index contributed by atoms with van der Waals surface area (Å²) >= 11 is 0. The number of urea groups is 1. The number of aliphatic carboxylic acids is 1. The Kier molecular flexibility index (Phi) is 5.77. The van der Waals surface area contributed by atoms with E-state index in [9.17, 15) is 14.4 Å². The average Bonchev–Trinajstić information content (AvgIpc) is 2.16. The highest BCUT2D eigenvalue weighted by Gasteiger charge is 2.10. The van der Waals surface area contributed by atoms with Gasteiger partial charge in [-0.25, -0.2) is 4.79 Å². The highest BCUT2D eigenvalue weighted by atomic mass is 16.4. The lowest BCUT2D eigenvalue weighted by Gasteiger charge is -2.05. The molecular formula is C9H14N2O4. The van der Waals surface area contributed by atoms with Gasteiger partial charge in [-0.3, -0.25) is 14.9 Å². The van der Waals surface area contributed by atoms with Crippen molar-refractivity contribution in [2.45, 2.75) is 20.3 Å². The maximum atomic E-state index is 11.3. The number of hydrogen-bond acceptors (Lipinski definition) is 3. The first-order chi connectivity index (χ1) is 7.01. The van der Waals surface area contributed by atoms with Crippen molar-refractivity contribution in [1.29, 1.82) is 0 Å². The molecule has 0 saturated carbocycles. The van der Waals surface area contributed by atoms with Crippen LogP contribution in [0.2, 0.25) is 0 Å². The number of carbonyl (C=O) groups excluding carboxylic acids is 2. The van der Waals surface area contributed by atoms with Crippen molar-refractivity contribution in [1.82, 2.24) is 10.6 Å². The van der Waals surface area contributed by atoms with E-state index in [1.807, 2.05) is 10.6 Å². The molecule has 0 fully saturated rings. The van der Waals surface area contributed by atoms with Crippen molar-refractivity contribution in [2.75, 3.05) is 6.54 Å². The SMILES string of the molecule is C/C=C(\CC)C(=O)NC(=O)NCC(=O)O. The third-order valence-corrected chi connectivity index (χ3v) is 1.65. The number of carboxylic acid groups (broad SMARTS) is 1. The molecule has 0 unspecified atom stereocenters. The first kappa shape index (κ1) is 13.2. The Bertz CT molecular complexity index is 296. The monoisotopic (exact) mass is 214 g/mol. The van der Waals surface area contributed by atoms with Crippen LogP contribution in [-0.2, 0) is 9.59 Å². The molecule has 0 saturated heterocycles. The van der Waals surface area contributed by atoms with Crippen molar-refractivity contribution >= 4 is 17.9 Å². The number of nitrogens with one attached hydrogen (secondary N) is 2. The van der Waals surface area contributed by atoms with Crippen LogP contribution in [-0.4, -0.2) is 29.6 Å². The number of hydrogen-bond donors (Lipinski definition) is 3. The second kappa shape index (κ2) is 6.58. The van der Waals surface area contributed by atoms with Gasteiger partial charge < -0.3 is 10.4 Å². The molecule has 3 amide bonds. The molecule has 0 aromatic heterocycles. The molecule has 0 aliphatic rings.